The Morgan fingerprint density at radius 1 is 1.47 bits per heavy atom. The molecule has 82 valence electrons. The van der Waals surface area contributed by atoms with E-state index in [4.69, 9.17) is 9.84 Å². The third kappa shape index (κ3) is 3.59. The van der Waals surface area contributed by atoms with E-state index in [0.29, 0.717) is 11.3 Å². The molecule has 1 aromatic rings. The first kappa shape index (κ1) is 11.5. The van der Waals surface area contributed by atoms with Crippen molar-refractivity contribution in [1.82, 2.24) is 5.32 Å². The SMILES string of the molecule is COc1ccc(C(=O)NC[C@@H](C)O)cc1. The Balaban J connectivity index is 2.58. The van der Waals surface area contributed by atoms with E-state index < -0.39 is 6.10 Å². The Hall–Kier alpha value is -1.55. The lowest BCUT2D eigenvalue weighted by molar-refractivity contribution is 0.0924. The third-order valence-electron chi connectivity index (χ3n) is 1.91. The van der Waals surface area contributed by atoms with Gasteiger partial charge >= 0.3 is 0 Å². The number of amides is 1. The zero-order valence-electron chi connectivity index (χ0n) is 8.86. The predicted octanol–water partition coefficient (Wildman–Crippen LogP) is 0.806. The maximum atomic E-state index is 11.5. The number of hydrogen-bond acceptors (Lipinski definition) is 3. The van der Waals surface area contributed by atoms with E-state index in [9.17, 15) is 4.79 Å². The van der Waals surface area contributed by atoms with Crippen LogP contribution in [0, 0.1) is 0 Å². The van der Waals surface area contributed by atoms with Crippen LogP contribution in [0.4, 0.5) is 0 Å². The third-order valence-corrected chi connectivity index (χ3v) is 1.91. The van der Waals surface area contributed by atoms with Gasteiger partial charge in [-0.2, -0.15) is 0 Å². The van der Waals surface area contributed by atoms with E-state index in [1.54, 1.807) is 38.3 Å². The molecule has 4 heteroatoms. The molecule has 1 atom stereocenters. The molecule has 0 aliphatic heterocycles. The number of aliphatic hydroxyl groups is 1. The van der Waals surface area contributed by atoms with Crippen LogP contribution >= 0.6 is 0 Å². The summed E-state index contributed by atoms with van der Waals surface area (Å²) in [6, 6.07) is 6.79. The minimum Gasteiger partial charge on any atom is -0.497 e. The summed E-state index contributed by atoms with van der Waals surface area (Å²) in [6.07, 6.45) is -0.535. The monoisotopic (exact) mass is 209 g/mol. The first-order valence-electron chi connectivity index (χ1n) is 4.74. The lowest BCUT2D eigenvalue weighted by Crippen LogP contribution is -2.30. The van der Waals surface area contributed by atoms with E-state index in [1.807, 2.05) is 0 Å². The predicted molar refractivity (Wildman–Crippen MR) is 57.0 cm³/mol. The number of rotatable bonds is 4. The van der Waals surface area contributed by atoms with E-state index in [-0.39, 0.29) is 12.5 Å². The summed E-state index contributed by atoms with van der Waals surface area (Å²) in [5, 5.41) is 11.6. The number of benzene rings is 1. The minimum absolute atomic E-state index is 0.196. The van der Waals surface area contributed by atoms with Gasteiger partial charge in [-0.3, -0.25) is 4.79 Å². The first-order chi connectivity index (χ1) is 7.13. The Bertz CT molecular complexity index is 319. The topological polar surface area (TPSA) is 58.6 Å². The van der Waals surface area contributed by atoms with Crippen LogP contribution < -0.4 is 10.1 Å². The van der Waals surface area contributed by atoms with E-state index >= 15 is 0 Å². The lowest BCUT2D eigenvalue weighted by Gasteiger charge is -2.07. The van der Waals surface area contributed by atoms with Crippen molar-refractivity contribution in [2.45, 2.75) is 13.0 Å². The Labute approximate surface area is 88.9 Å². The summed E-state index contributed by atoms with van der Waals surface area (Å²) in [4.78, 5) is 11.5. The zero-order valence-corrected chi connectivity index (χ0v) is 8.86. The molecule has 0 fully saturated rings. The van der Waals surface area contributed by atoms with Crippen molar-refractivity contribution in [3.8, 4) is 5.75 Å². The molecule has 0 saturated carbocycles. The van der Waals surface area contributed by atoms with Crippen LogP contribution in [0.15, 0.2) is 24.3 Å². The first-order valence-corrected chi connectivity index (χ1v) is 4.74. The van der Waals surface area contributed by atoms with Gasteiger partial charge in [-0.05, 0) is 31.2 Å². The Kier molecular flexibility index (Phi) is 4.12. The summed E-state index contributed by atoms with van der Waals surface area (Å²) in [5.74, 6) is 0.514. The number of carbonyl (C=O) groups excluding carboxylic acids is 1. The highest BCUT2D eigenvalue weighted by molar-refractivity contribution is 5.94. The highest BCUT2D eigenvalue weighted by Crippen LogP contribution is 2.10. The second kappa shape index (κ2) is 5.36. The van der Waals surface area contributed by atoms with Crippen molar-refractivity contribution in [2.24, 2.45) is 0 Å². The zero-order chi connectivity index (χ0) is 11.3. The standard InChI is InChI=1S/C11H15NO3/c1-8(13)7-12-11(14)9-3-5-10(15-2)6-4-9/h3-6,8,13H,7H2,1-2H3,(H,12,14)/t8-/m1/s1. The smallest absolute Gasteiger partial charge is 0.251 e. The fourth-order valence-electron chi connectivity index (χ4n) is 1.08. The minimum atomic E-state index is -0.535. The quantitative estimate of drug-likeness (QED) is 0.771. The highest BCUT2D eigenvalue weighted by atomic mass is 16.5. The summed E-state index contributed by atoms with van der Waals surface area (Å²) in [5.41, 5.74) is 0.552. The maximum Gasteiger partial charge on any atom is 0.251 e. The summed E-state index contributed by atoms with van der Waals surface area (Å²) in [6.45, 7) is 1.87. The lowest BCUT2D eigenvalue weighted by atomic mass is 10.2. The molecule has 4 nitrogen and oxygen atoms in total. The van der Waals surface area contributed by atoms with Crippen molar-refractivity contribution in [3.63, 3.8) is 0 Å². The number of carbonyl (C=O) groups is 1. The molecule has 1 amide bonds. The van der Waals surface area contributed by atoms with Gasteiger partial charge in [0.1, 0.15) is 5.75 Å². The molecule has 0 radical (unpaired) electrons. The van der Waals surface area contributed by atoms with Gasteiger partial charge in [0.05, 0.1) is 13.2 Å². The van der Waals surface area contributed by atoms with Crippen molar-refractivity contribution in [2.75, 3.05) is 13.7 Å². The molecule has 0 heterocycles. The normalized spacial score (nSPS) is 11.9. The number of methoxy groups -OCH3 is 1. The van der Waals surface area contributed by atoms with Crippen LogP contribution in [-0.2, 0) is 0 Å². The van der Waals surface area contributed by atoms with Gasteiger partial charge in [0, 0.05) is 12.1 Å². The van der Waals surface area contributed by atoms with Crippen molar-refractivity contribution < 1.29 is 14.6 Å². The molecule has 0 bridgehead atoms. The summed E-state index contributed by atoms with van der Waals surface area (Å²) >= 11 is 0. The van der Waals surface area contributed by atoms with E-state index in [1.165, 1.54) is 0 Å². The summed E-state index contributed by atoms with van der Waals surface area (Å²) < 4.78 is 4.98. The molecular weight excluding hydrogens is 194 g/mol. The van der Waals surface area contributed by atoms with E-state index in [0.717, 1.165) is 0 Å². The maximum absolute atomic E-state index is 11.5. The molecule has 0 aromatic heterocycles. The van der Waals surface area contributed by atoms with Gasteiger partial charge in [0.2, 0.25) is 0 Å². The fourth-order valence-corrected chi connectivity index (χ4v) is 1.08. The second-order valence-electron chi connectivity index (χ2n) is 3.29. The highest BCUT2D eigenvalue weighted by Gasteiger charge is 2.05. The Morgan fingerprint density at radius 3 is 2.53 bits per heavy atom. The van der Waals surface area contributed by atoms with Gasteiger partial charge in [-0.15, -0.1) is 0 Å². The van der Waals surface area contributed by atoms with Crippen molar-refractivity contribution in [1.29, 1.82) is 0 Å². The van der Waals surface area contributed by atoms with Crippen LogP contribution in [0.3, 0.4) is 0 Å². The molecule has 0 spiro atoms. The van der Waals surface area contributed by atoms with Crippen LogP contribution in [0.2, 0.25) is 0 Å². The van der Waals surface area contributed by atoms with Crippen molar-refractivity contribution in [3.05, 3.63) is 29.8 Å². The number of nitrogens with one attached hydrogen (secondary N) is 1. The molecule has 1 rings (SSSR count). The molecule has 15 heavy (non-hydrogen) atoms. The van der Waals surface area contributed by atoms with E-state index in [2.05, 4.69) is 5.32 Å². The molecule has 0 saturated heterocycles. The average molecular weight is 209 g/mol. The Morgan fingerprint density at radius 2 is 2.07 bits per heavy atom. The molecular formula is C11H15NO3. The van der Waals surface area contributed by atoms with Gasteiger partial charge < -0.3 is 15.2 Å². The molecule has 0 aliphatic carbocycles. The number of ether oxygens (including phenoxy) is 1. The summed E-state index contributed by atoms with van der Waals surface area (Å²) in [7, 11) is 1.57. The van der Waals surface area contributed by atoms with Crippen LogP contribution in [0.5, 0.6) is 5.75 Å². The van der Waals surface area contributed by atoms with Gasteiger partial charge in [-0.25, -0.2) is 0 Å². The van der Waals surface area contributed by atoms with Crippen LogP contribution in [0.25, 0.3) is 0 Å². The fraction of sp³-hybridized carbons (Fsp3) is 0.364. The van der Waals surface area contributed by atoms with Crippen LogP contribution in [-0.4, -0.2) is 30.8 Å². The second-order valence-corrected chi connectivity index (χ2v) is 3.29. The van der Waals surface area contributed by atoms with Gasteiger partial charge in [0.15, 0.2) is 0 Å². The molecule has 2 N–H and O–H groups in total. The van der Waals surface area contributed by atoms with Gasteiger partial charge in [-0.1, -0.05) is 0 Å². The average Bonchev–Trinajstić information content (AvgIpc) is 2.26. The van der Waals surface area contributed by atoms with Crippen molar-refractivity contribution >= 4 is 5.91 Å². The number of hydrogen-bond donors (Lipinski definition) is 2. The number of aliphatic hydroxyl groups excluding tert-OH is 1. The largest absolute Gasteiger partial charge is 0.497 e. The van der Waals surface area contributed by atoms with Gasteiger partial charge in [0.25, 0.3) is 5.91 Å². The van der Waals surface area contributed by atoms with Crippen LogP contribution in [0.1, 0.15) is 17.3 Å². The molecule has 1 aromatic carbocycles. The molecule has 0 unspecified atom stereocenters. The molecule has 0 aliphatic rings.